The van der Waals surface area contributed by atoms with E-state index in [9.17, 15) is 9.59 Å². The number of halogens is 1. The predicted molar refractivity (Wildman–Crippen MR) is 109 cm³/mol. The van der Waals surface area contributed by atoms with Crippen molar-refractivity contribution in [3.05, 3.63) is 29.8 Å². The Hall–Kier alpha value is -1.79. The molecule has 1 aliphatic heterocycles. The van der Waals surface area contributed by atoms with Gasteiger partial charge in [0.1, 0.15) is 5.75 Å². The number of amides is 2. The Morgan fingerprint density at radius 1 is 1.37 bits per heavy atom. The summed E-state index contributed by atoms with van der Waals surface area (Å²) in [5, 5.41) is 2.91. The van der Waals surface area contributed by atoms with Gasteiger partial charge in [-0.25, -0.2) is 0 Å². The quantitative estimate of drug-likeness (QED) is 0.740. The van der Waals surface area contributed by atoms with Crippen LogP contribution in [0, 0.1) is 5.92 Å². The molecule has 0 spiro atoms. The number of piperidine rings is 1. The summed E-state index contributed by atoms with van der Waals surface area (Å²) in [4.78, 5) is 26.5. The van der Waals surface area contributed by atoms with E-state index in [0.29, 0.717) is 24.8 Å². The third-order valence-corrected chi connectivity index (χ3v) is 4.90. The molecule has 3 atom stereocenters. The topological polar surface area (TPSA) is 84.7 Å². The normalized spacial score (nSPS) is 18.8. The van der Waals surface area contributed by atoms with E-state index < -0.39 is 6.04 Å². The van der Waals surface area contributed by atoms with Crippen LogP contribution in [0.1, 0.15) is 51.6 Å². The van der Waals surface area contributed by atoms with Gasteiger partial charge in [-0.15, -0.1) is 12.4 Å². The van der Waals surface area contributed by atoms with Gasteiger partial charge in [-0.3, -0.25) is 9.59 Å². The largest absolute Gasteiger partial charge is 0.494 e. The molecule has 0 saturated carbocycles. The second kappa shape index (κ2) is 11.1. The molecule has 1 saturated heterocycles. The van der Waals surface area contributed by atoms with Crippen molar-refractivity contribution in [2.45, 2.75) is 52.1 Å². The van der Waals surface area contributed by atoms with Crippen LogP contribution in [-0.2, 0) is 9.59 Å². The van der Waals surface area contributed by atoms with Gasteiger partial charge in [-0.2, -0.15) is 0 Å². The number of carbonyl (C=O) groups excluding carboxylic acids is 2. The highest BCUT2D eigenvalue weighted by Gasteiger charge is 2.28. The van der Waals surface area contributed by atoms with Crippen LogP contribution in [0.5, 0.6) is 5.75 Å². The van der Waals surface area contributed by atoms with Gasteiger partial charge in [0, 0.05) is 31.6 Å². The third kappa shape index (κ3) is 6.70. The molecular weight excluding hydrogens is 366 g/mol. The average molecular weight is 398 g/mol. The third-order valence-electron chi connectivity index (χ3n) is 4.90. The summed E-state index contributed by atoms with van der Waals surface area (Å²) in [5.74, 6) is 0.915. The first-order valence-electron chi connectivity index (χ1n) is 9.44. The number of benzene rings is 1. The zero-order chi connectivity index (χ0) is 19.1. The summed E-state index contributed by atoms with van der Waals surface area (Å²) in [5.41, 5.74) is 6.86. The van der Waals surface area contributed by atoms with Crippen molar-refractivity contribution in [2.75, 3.05) is 19.7 Å². The summed E-state index contributed by atoms with van der Waals surface area (Å²) in [6, 6.07) is 7.22. The number of rotatable bonds is 7. The Kier molecular flexibility index (Phi) is 9.60. The molecule has 3 unspecified atom stereocenters. The average Bonchev–Trinajstić information content (AvgIpc) is 2.61. The maximum absolute atomic E-state index is 12.9. The van der Waals surface area contributed by atoms with Crippen LogP contribution in [0.4, 0.5) is 0 Å². The second-order valence-electron chi connectivity index (χ2n) is 7.03. The van der Waals surface area contributed by atoms with Crippen molar-refractivity contribution in [3.8, 4) is 5.75 Å². The molecule has 7 heteroatoms. The summed E-state index contributed by atoms with van der Waals surface area (Å²) in [6.45, 7) is 7.35. The summed E-state index contributed by atoms with van der Waals surface area (Å²) >= 11 is 0. The fraction of sp³-hybridized carbons (Fsp3) is 0.600. The van der Waals surface area contributed by atoms with E-state index in [1.165, 1.54) is 6.92 Å². The monoisotopic (exact) mass is 397 g/mol. The highest BCUT2D eigenvalue weighted by Crippen LogP contribution is 2.29. The lowest BCUT2D eigenvalue weighted by Crippen LogP contribution is -2.46. The fourth-order valence-corrected chi connectivity index (χ4v) is 3.51. The fourth-order valence-electron chi connectivity index (χ4n) is 3.51. The van der Waals surface area contributed by atoms with Gasteiger partial charge in [-0.05, 0) is 38.7 Å². The van der Waals surface area contributed by atoms with Crippen molar-refractivity contribution < 1.29 is 14.3 Å². The van der Waals surface area contributed by atoms with Gasteiger partial charge in [0.2, 0.25) is 11.8 Å². The number of hydrogen-bond donors (Lipinski definition) is 2. The van der Waals surface area contributed by atoms with Gasteiger partial charge < -0.3 is 20.7 Å². The molecular formula is C20H32ClN3O3. The Labute approximate surface area is 168 Å². The molecule has 1 fully saturated rings. The number of likely N-dealkylation sites (tertiary alicyclic amines) is 1. The van der Waals surface area contributed by atoms with Crippen molar-refractivity contribution in [1.29, 1.82) is 0 Å². The molecule has 1 aliphatic rings. The van der Waals surface area contributed by atoms with Crippen LogP contribution in [0.15, 0.2) is 24.3 Å². The number of nitrogens with zero attached hydrogens (tertiary/aromatic N) is 1. The Morgan fingerprint density at radius 3 is 2.70 bits per heavy atom. The molecule has 1 aromatic carbocycles. The molecule has 27 heavy (non-hydrogen) atoms. The van der Waals surface area contributed by atoms with E-state index >= 15 is 0 Å². The van der Waals surface area contributed by atoms with Crippen LogP contribution in [0.3, 0.4) is 0 Å². The van der Waals surface area contributed by atoms with E-state index in [1.54, 1.807) is 0 Å². The van der Waals surface area contributed by atoms with Gasteiger partial charge >= 0.3 is 0 Å². The zero-order valence-electron chi connectivity index (χ0n) is 16.4. The van der Waals surface area contributed by atoms with Crippen molar-refractivity contribution >= 4 is 24.2 Å². The standard InChI is InChI=1S/C20H31N3O3.ClH/c1-4-26-19-10-6-5-9-17(19)18(22-15(3)24)12-20(25)23-11-7-8-16(13-23)14(2)21;/h5-6,9-10,14,16,18H,4,7-8,11-13,21H2,1-3H3,(H,22,24);1H. The number of ether oxygens (including phenoxy) is 1. The maximum atomic E-state index is 12.9. The molecule has 0 aromatic heterocycles. The first kappa shape index (κ1) is 23.2. The number of hydrogen-bond acceptors (Lipinski definition) is 4. The minimum absolute atomic E-state index is 0. The van der Waals surface area contributed by atoms with E-state index in [2.05, 4.69) is 5.32 Å². The first-order valence-corrected chi connectivity index (χ1v) is 9.44. The van der Waals surface area contributed by atoms with Crippen LogP contribution in [0.25, 0.3) is 0 Å². The minimum Gasteiger partial charge on any atom is -0.494 e. The highest BCUT2D eigenvalue weighted by atomic mass is 35.5. The highest BCUT2D eigenvalue weighted by molar-refractivity contribution is 5.85. The van der Waals surface area contributed by atoms with Crippen LogP contribution in [0.2, 0.25) is 0 Å². The number of para-hydroxylation sites is 1. The Balaban J connectivity index is 0.00000364. The molecule has 1 heterocycles. The van der Waals surface area contributed by atoms with Gasteiger partial charge in [0.25, 0.3) is 0 Å². The molecule has 152 valence electrons. The molecule has 0 radical (unpaired) electrons. The SMILES string of the molecule is CCOc1ccccc1C(CC(=O)N1CCCC(C(C)N)C1)NC(C)=O.Cl. The number of carbonyl (C=O) groups is 2. The van der Waals surface area contributed by atoms with E-state index in [4.69, 9.17) is 10.5 Å². The maximum Gasteiger partial charge on any atom is 0.225 e. The lowest BCUT2D eigenvalue weighted by atomic mass is 9.91. The van der Waals surface area contributed by atoms with Crippen molar-refractivity contribution in [1.82, 2.24) is 10.2 Å². The predicted octanol–water partition coefficient (Wildman–Crippen LogP) is 2.66. The van der Waals surface area contributed by atoms with Crippen LogP contribution < -0.4 is 15.8 Å². The zero-order valence-corrected chi connectivity index (χ0v) is 17.3. The van der Waals surface area contributed by atoms with E-state index in [-0.39, 0.29) is 36.7 Å². The van der Waals surface area contributed by atoms with Crippen molar-refractivity contribution in [2.24, 2.45) is 11.7 Å². The molecule has 0 aliphatic carbocycles. The molecule has 2 amide bonds. The summed E-state index contributed by atoms with van der Waals surface area (Å²) in [7, 11) is 0. The number of nitrogens with one attached hydrogen (secondary N) is 1. The molecule has 2 rings (SSSR count). The van der Waals surface area contributed by atoms with Gasteiger partial charge in [-0.1, -0.05) is 18.2 Å². The van der Waals surface area contributed by atoms with Crippen molar-refractivity contribution in [3.63, 3.8) is 0 Å². The van der Waals surface area contributed by atoms with E-state index in [0.717, 1.165) is 24.9 Å². The summed E-state index contributed by atoms with van der Waals surface area (Å²) in [6.07, 6.45) is 2.25. The minimum atomic E-state index is -0.404. The lowest BCUT2D eigenvalue weighted by Gasteiger charge is -2.35. The van der Waals surface area contributed by atoms with Crippen LogP contribution in [-0.4, -0.2) is 42.5 Å². The van der Waals surface area contributed by atoms with Gasteiger partial charge in [0.15, 0.2) is 0 Å². The summed E-state index contributed by atoms with van der Waals surface area (Å²) < 4.78 is 5.68. The molecule has 0 bridgehead atoms. The van der Waals surface area contributed by atoms with Crippen LogP contribution >= 0.6 is 12.4 Å². The first-order chi connectivity index (χ1) is 12.4. The lowest BCUT2D eigenvalue weighted by molar-refractivity contribution is -0.134. The molecule has 3 N–H and O–H groups in total. The Bertz CT molecular complexity index is 624. The Morgan fingerprint density at radius 2 is 2.07 bits per heavy atom. The van der Waals surface area contributed by atoms with Gasteiger partial charge in [0.05, 0.1) is 19.1 Å². The molecule has 6 nitrogen and oxygen atoms in total. The number of nitrogens with two attached hydrogens (primary N) is 1. The van der Waals surface area contributed by atoms with E-state index in [1.807, 2.05) is 43.0 Å². The smallest absolute Gasteiger partial charge is 0.225 e. The molecule has 1 aromatic rings. The second-order valence-corrected chi connectivity index (χ2v) is 7.03.